The molecule has 2 bridgehead atoms. The number of ether oxygens (including phenoxy) is 1. The number of imidazole rings is 1. The number of hydrogen-bond acceptors (Lipinski definition) is 8. The predicted octanol–water partition coefficient (Wildman–Crippen LogP) is 1.71. The number of esters is 1. The number of carbonyl (C=O) groups is 2. The van der Waals surface area contributed by atoms with Crippen LogP contribution >= 0.6 is 0 Å². The Morgan fingerprint density at radius 1 is 1.26 bits per heavy atom. The summed E-state index contributed by atoms with van der Waals surface area (Å²) in [5.41, 5.74) is 7.23. The Balaban J connectivity index is 1.25. The zero-order chi connectivity index (χ0) is 24.4. The number of fused-ring (bicyclic) bond motifs is 3. The number of rotatable bonds is 8. The molecule has 0 saturated heterocycles. The van der Waals surface area contributed by atoms with Gasteiger partial charge in [-0.15, -0.1) is 10.2 Å². The van der Waals surface area contributed by atoms with Gasteiger partial charge in [0, 0.05) is 12.7 Å². The molecule has 3 N–H and O–H groups in total. The molecule has 11 nitrogen and oxygen atoms in total. The second-order valence-electron chi connectivity index (χ2n) is 10.3. The van der Waals surface area contributed by atoms with Crippen LogP contribution in [-0.4, -0.2) is 54.7 Å². The lowest BCUT2D eigenvalue weighted by Crippen LogP contribution is -2.42. The number of amides is 1. The van der Waals surface area contributed by atoms with E-state index in [2.05, 4.69) is 32.6 Å². The van der Waals surface area contributed by atoms with Gasteiger partial charge in [0.05, 0.1) is 5.69 Å². The molecule has 2 saturated carbocycles. The van der Waals surface area contributed by atoms with Gasteiger partial charge in [0.25, 0.3) is 5.91 Å². The highest BCUT2D eigenvalue weighted by molar-refractivity contribution is 5.93. The molecule has 1 amide bonds. The molecule has 3 aromatic rings. The van der Waals surface area contributed by atoms with Crippen LogP contribution in [-0.2, 0) is 22.5 Å². The quantitative estimate of drug-likeness (QED) is 0.366. The first-order valence-electron chi connectivity index (χ1n) is 12.3. The van der Waals surface area contributed by atoms with Crippen molar-refractivity contribution in [3.63, 3.8) is 0 Å². The summed E-state index contributed by atoms with van der Waals surface area (Å²) in [7, 11) is 0. The van der Waals surface area contributed by atoms with E-state index in [4.69, 9.17) is 10.5 Å². The molecule has 11 heteroatoms. The molecule has 35 heavy (non-hydrogen) atoms. The van der Waals surface area contributed by atoms with Crippen molar-refractivity contribution < 1.29 is 14.3 Å². The maximum absolute atomic E-state index is 13.2. The van der Waals surface area contributed by atoms with Gasteiger partial charge in [-0.25, -0.2) is 4.98 Å². The number of nitrogens with two attached hydrogens (primary N) is 1. The summed E-state index contributed by atoms with van der Waals surface area (Å²) in [4.78, 5) is 30.7. The third kappa shape index (κ3) is 5.34. The smallest absolute Gasteiger partial charge is 0.314 e. The fourth-order valence-corrected chi connectivity index (χ4v) is 5.93. The summed E-state index contributed by atoms with van der Waals surface area (Å²) in [6, 6.07) is 5.50. The first kappa shape index (κ1) is 23.4. The standard InChI is InChI=1S/C24H32N8O3/c1-24(10-16-4-2-5-17(8-16)11-24)14-26-23(34)19-6-3-7-21-27-18(12-31(19)21)13-32-29-20(28-30-32)9-22(33)35-15-25/h3,6-7,12,16-17H,2,4-5,8-11,13-15,25H2,1H3,(H,26,34). The molecule has 3 heterocycles. The number of nitrogens with zero attached hydrogens (tertiary/aromatic N) is 6. The molecule has 2 aliphatic rings. The van der Waals surface area contributed by atoms with E-state index in [9.17, 15) is 9.59 Å². The summed E-state index contributed by atoms with van der Waals surface area (Å²) in [5, 5.41) is 15.2. The number of pyridine rings is 1. The molecular formula is C24H32N8O3. The Labute approximate surface area is 203 Å². The van der Waals surface area contributed by atoms with E-state index < -0.39 is 5.97 Å². The third-order valence-corrected chi connectivity index (χ3v) is 7.25. The summed E-state index contributed by atoms with van der Waals surface area (Å²) < 4.78 is 6.49. The lowest BCUT2D eigenvalue weighted by atomic mass is 9.61. The minimum absolute atomic E-state index is 0.101. The highest BCUT2D eigenvalue weighted by Gasteiger charge is 2.39. The topological polar surface area (TPSA) is 142 Å². The molecule has 3 aromatic heterocycles. The third-order valence-electron chi connectivity index (χ3n) is 7.25. The van der Waals surface area contributed by atoms with Gasteiger partial charge in [0.15, 0.2) is 5.82 Å². The molecule has 5 rings (SSSR count). The Hall–Kier alpha value is -3.34. The van der Waals surface area contributed by atoms with Gasteiger partial charge >= 0.3 is 5.97 Å². The lowest BCUT2D eigenvalue weighted by Gasteiger charge is -2.45. The maximum atomic E-state index is 13.2. The van der Waals surface area contributed by atoms with Crippen molar-refractivity contribution in [2.75, 3.05) is 13.3 Å². The van der Waals surface area contributed by atoms with E-state index in [-0.39, 0.29) is 36.8 Å². The van der Waals surface area contributed by atoms with Gasteiger partial charge in [-0.3, -0.25) is 19.7 Å². The van der Waals surface area contributed by atoms with Crippen molar-refractivity contribution in [2.24, 2.45) is 23.0 Å². The molecule has 0 aromatic carbocycles. The molecule has 2 aliphatic carbocycles. The van der Waals surface area contributed by atoms with Crippen LogP contribution in [0.3, 0.4) is 0 Å². The fourth-order valence-electron chi connectivity index (χ4n) is 5.93. The molecule has 2 fully saturated rings. The van der Waals surface area contributed by atoms with E-state index in [1.54, 1.807) is 10.5 Å². The molecule has 0 radical (unpaired) electrons. The Kier molecular flexibility index (Phi) is 6.50. The van der Waals surface area contributed by atoms with Crippen molar-refractivity contribution in [1.29, 1.82) is 0 Å². The van der Waals surface area contributed by atoms with Crippen LogP contribution in [0.5, 0.6) is 0 Å². The number of hydrogen-bond donors (Lipinski definition) is 2. The SMILES string of the molecule is CC1(CNC(=O)c2cccc3nc(Cn4nnc(CC(=O)OCN)n4)cn23)CC2CCCC(C2)C1. The van der Waals surface area contributed by atoms with Crippen molar-refractivity contribution in [3.05, 3.63) is 41.6 Å². The number of aromatic nitrogens is 6. The maximum Gasteiger partial charge on any atom is 0.314 e. The summed E-state index contributed by atoms with van der Waals surface area (Å²) >= 11 is 0. The average Bonchev–Trinajstić information content (AvgIpc) is 3.43. The minimum atomic E-state index is -0.513. The van der Waals surface area contributed by atoms with Crippen molar-refractivity contribution in [2.45, 2.75) is 58.4 Å². The predicted molar refractivity (Wildman–Crippen MR) is 126 cm³/mol. The molecule has 186 valence electrons. The average molecular weight is 481 g/mol. The van der Waals surface area contributed by atoms with Gasteiger partial charge in [-0.05, 0) is 53.9 Å². The number of carbonyl (C=O) groups excluding carboxylic acids is 2. The highest BCUT2D eigenvalue weighted by atomic mass is 16.5. The van der Waals surface area contributed by atoms with Crippen LogP contribution in [0, 0.1) is 17.3 Å². The zero-order valence-corrected chi connectivity index (χ0v) is 20.0. The first-order chi connectivity index (χ1) is 16.9. The van der Waals surface area contributed by atoms with E-state index in [1.165, 1.54) is 43.3 Å². The van der Waals surface area contributed by atoms with Crippen LogP contribution in [0.25, 0.3) is 5.65 Å². The highest BCUT2D eigenvalue weighted by Crippen LogP contribution is 2.48. The summed E-state index contributed by atoms with van der Waals surface area (Å²) in [6.07, 6.45) is 9.47. The first-order valence-corrected chi connectivity index (χ1v) is 12.3. The van der Waals surface area contributed by atoms with E-state index in [0.29, 0.717) is 23.6 Å². The second-order valence-corrected chi connectivity index (χ2v) is 10.3. The Morgan fingerprint density at radius 3 is 2.83 bits per heavy atom. The monoisotopic (exact) mass is 480 g/mol. The minimum Gasteiger partial charge on any atom is -0.450 e. The van der Waals surface area contributed by atoms with Crippen molar-refractivity contribution >= 4 is 17.5 Å². The number of tetrazole rings is 1. The van der Waals surface area contributed by atoms with Gasteiger partial charge in [0.2, 0.25) is 0 Å². The molecule has 0 spiro atoms. The number of nitrogens with one attached hydrogen (secondary N) is 1. The van der Waals surface area contributed by atoms with Gasteiger partial charge in [-0.2, -0.15) is 4.80 Å². The van der Waals surface area contributed by atoms with Crippen LogP contribution in [0.4, 0.5) is 0 Å². The van der Waals surface area contributed by atoms with E-state index >= 15 is 0 Å². The van der Waals surface area contributed by atoms with Crippen LogP contribution in [0.2, 0.25) is 0 Å². The largest absolute Gasteiger partial charge is 0.450 e. The lowest BCUT2D eigenvalue weighted by molar-refractivity contribution is -0.142. The van der Waals surface area contributed by atoms with Crippen LogP contribution < -0.4 is 11.1 Å². The van der Waals surface area contributed by atoms with E-state index in [0.717, 1.165) is 11.8 Å². The molecular weight excluding hydrogens is 448 g/mol. The molecule has 2 atom stereocenters. The van der Waals surface area contributed by atoms with E-state index in [1.807, 2.05) is 18.3 Å². The van der Waals surface area contributed by atoms with Gasteiger partial charge in [-0.1, -0.05) is 32.3 Å². The second kappa shape index (κ2) is 9.73. The van der Waals surface area contributed by atoms with Gasteiger partial charge < -0.3 is 10.1 Å². The fraction of sp³-hybridized carbons (Fsp3) is 0.583. The molecule has 0 aliphatic heterocycles. The van der Waals surface area contributed by atoms with Crippen LogP contribution in [0.15, 0.2) is 24.4 Å². The summed E-state index contributed by atoms with van der Waals surface area (Å²) in [6.45, 7) is 3.07. The van der Waals surface area contributed by atoms with Crippen LogP contribution in [0.1, 0.15) is 67.5 Å². The molecule has 2 unspecified atom stereocenters. The van der Waals surface area contributed by atoms with Gasteiger partial charge in [0.1, 0.15) is 31.0 Å². The Bertz CT molecular complexity index is 1210. The zero-order valence-electron chi connectivity index (χ0n) is 20.0. The summed E-state index contributed by atoms with van der Waals surface area (Å²) in [5.74, 6) is 1.24. The van der Waals surface area contributed by atoms with Crippen molar-refractivity contribution in [1.82, 2.24) is 34.9 Å². The Morgan fingerprint density at radius 2 is 2.06 bits per heavy atom. The normalized spacial score (nSPS) is 23.8. The van der Waals surface area contributed by atoms with Crippen molar-refractivity contribution in [3.8, 4) is 0 Å².